The van der Waals surface area contributed by atoms with Crippen molar-refractivity contribution in [3.63, 3.8) is 0 Å². The summed E-state index contributed by atoms with van der Waals surface area (Å²) >= 11 is 0. The van der Waals surface area contributed by atoms with Crippen molar-refractivity contribution in [3.05, 3.63) is 11.9 Å². The number of carbonyl (C=O) groups excluding carboxylic acids is 1. The third-order valence-corrected chi connectivity index (χ3v) is 2.78. The molecule has 0 amide bonds. The van der Waals surface area contributed by atoms with Crippen LogP contribution >= 0.6 is 0 Å². The van der Waals surface area contributed by atoms with Gasteiger partial charge in [0.05, 0.1) is 5.69 Å². The number of carbonyl (C=O) groups is 1. The molecule has 0 radical (unpaired) electrons. The van der Waals surface area contributed by atoms with Crippen LogP contribution in [-0.2, 0) is 18.3 Å². The van der Waals surface area contributed by atoms with Gasteiger partial charge in [0.2, 0.25) is 0 Å². The summed E-state index contributed by atoms with van der Waals surface area (Å²) in [6.45, 7) is 0. The molecule has 0 bridgehead atoms. The Morgan fingerprint density at radius 2 is 2.46 bits per heavy atom. The van der Waals surface area contributed by atoms with E-state index >= 15 is 0 Å². The number of aldehydes is 1. The van der Waals surface area contributed by atoms with Crippen molar-refractivity contribution in [3.8, 4) is 0 Å². The lowest BCUT2D eigenvalue weighted by Crippen LogP contribution is -2.33. The summed E-state index contributed by atoms with van der Waals surface area (Å²) in [5.74, 6) is 0. The van der Waals surface area contributed by atoms with Gasteiger partial charge in [-0.05, 0) is 12.8 Å². The normalized spacial score (nSPS) is 19.5. The molecule has 0 aromatic carbocycles. The predicted molar refractivity (Wildman–Crippen MR) is 47.1 cm³/mol. The summed E-state index contributed by atoms with van der Waals surface area (Å²) in [5.41, 5.74) is 0.810. The van der Waals surface area contributed by atoms with Crippen molar-refractivity contribution >= 4 is 6.29 Å². The van der Waals surface area contributed by atoms with Crippen molar-refractivity contribution in [2.45, 2.75) is 25.7 Å². The van der Waals surface area contributed by atoms with Gasteiger partial charge < -0.3 is 4.79 Å². The van der Waals surface area contributed by atoms with Gasteiger partial charge in [-0.2, -0.15) is 0 Å². The molecule has 1 saturated carbocycles. The summed E-state index contributed by atoms with van der Waals surface area (Å²) in [6, 6.07) is 0. The molecule has 0 saturated heterocycles. The van der Waals surface area contributed by atoms with Crippen molar-refractivity contribution in [2.75, 3.05) is 0 Å². The van der Waals surface area contributed by atoms with E-state index in [1.54, 1.807) is 4.68 Å². The molecule has 0 unspecified atom stereocenters. The smallest absolute Gasteiger partial charge is 0.126 e. The molecule has 0 atom stereocenters. The number of aromatic nitrogens is 3. The molecule has 1 aromatic rings. The zero-order valence-corrected chi connectivity index (χ0v) is 7.73. The van der Waals surface area contributed by atoms with Crippen LogP contribution < -0.4 is 0 Å². The van der Waals surface area contributed by atoms with E-state index in [4.69, 9.17) is 0 Å². The standard InChI is InChI=1S/C9H13N3O/c1-12-6-8(10-11-12)5-9(7-13)3-2-4-9/h6-7H,2-5H2,1H3. The van der Waals surface area contributed by atoms with Gasteiger partial charge in [-0.1, -0.05) is 11.6 Å². The first-order valence-electron chi connectivity index (χ1n) is 4.56. The molecule has 4 heteroatoms. The second-order valence-electron chi connectivity index (χ2n) is 3.89. The molecule has 1 fully saturated rings. The zero-order chi connectivity index (χ0) is 9.31. The van der Waals surface area contributed by atoms with E-state index in [2.05, 4.69) is 10.3 Å². The summed E-state index contributed by atoms with van der Waals surface area (Å²) in [7, 11) is 1.84. The maximum atomic E-state index is 10.9. The van der Waals surface area contributed by atoms with Gasteiger partial charge in [-0.15, -0.1) is 5.10 Å². The Morgan fingerprint density at radius 3 is 2.85 bits per heavy atom. The Kier molecular flexibility index (Phi) is 1.90. The van der Waals surface area contributed by atoms with E-state index in [0.29, 0.717) is 0 Å². The van der Waals surface area contributed by atoms with Gasteiger partial charge in [0.1, 0.15) is 6.29 Å². The van der Waals surface area contributed by atoms with Crippen LogP contribution in [0.25, 0.3) is 0 Å². The fraction of sp³-hybridized carbons (Fsp3) is 0.667. The van der Waals surface area contributed by atoms with Gasteiger partial charge in [0.15, 0.2) is 0 Å². The molecule has 0 N–H and O–H groups in total. The van der Waals surface area contributed by atoms with Gasteiger partial charge in [0, 0.05) is 25.1 Å². The van der Waals surface area contributed by atoms with Gasteiger partial charge >= 0.3 is 0 Å². The number of aryl methyl sites for hydroxylation is 1. The minimum Gasteiger partial charge on any atom is -0.303 e. The lowest BCUT2D eigenvalue weighted by molar-refractivity contribution is -0.120. The van der Waals surface area contributed by atoms with Gasteiger partial charge in [0.25, 0.3) is 0 Å². The van der Waals surface area contributed by atoms with E-state index in [0.717, 1.165) is 31.2 Å². The van der Waals surface area contributed by atoms with E-state index < -0.39 is 0 Å². The van der Waals surface area contributed by atoms with Crippen molar-refractivity contribution in [1.82, 2.24) is 15.0 Å². The van der Waals surface area contributed by atoms with Crippen molar-refractivity contribution < 1.29 is 4.79 Å². The first-order chi connectivity index (χ1) is 6.24. The molecule has 0 spiro atoms. The Labute approximate surface area is 76.9 Å². The van der Waals surface area contributed by atoms with E-state index in [1.807, 2.05) is 13.2 Å². The van der Waals surface area contributed by atoms with Crippen molar-refractivity contribution in [1.29, 1.82) is 0 Å². The molecule has 4 nitrogen and oxygen atoms in total. The first kappa shape index (κ1) is 8.41. The molecule has 13 heavy (non-hydrogen) atoms. The Morgan fingerprint density at radius 1 is 1.69 bits per heavy atom. The van der Waals surface area contributed by atoms with E-state index in [9.17, 15) is 4.79 Å². The minimum atomic E-state index is -0.115. The molecular weight excluding hydrogens is 166 g/mol. The second-order valence-corrected chi connectivity index (χ2v) is 3.89. The van der Waals surface area contributed by atoms with Gasteiger partial charge in [-0.25, -0.2) is 0 Å². The highest BCUT2D eigenvalue weighted by atomic mass is 16.1. The maximum Gasteiger partial charge on any atom is 0.126 e. The average molecular weight is 179 g/mol. The zero-order valence-electron chi connectivity index (χ0n) is 7.73. The number of nitrogens with zero attached hydrogens (tertiary/aromatic N) is 3. The SMILES string of the molecule is Cn1cc(CC2(C=O)CCC2)nn1. The van der Waals surface area contributed by atoms with Crippen LogP contribution in [0.15, 0.2) is 6.20 Å². The molecule has 0 aliphatic heterocycles. The highest BCUT2D eigenvalue weighted by Crippen LogP contribution is 2.41. The quantitative estimate of drug-likeness (QED) is 0.642. The Hall–Kier alpha value is -1.19. The molecule has 2 rings (SSSR count). The predicted octanol–water partition coefficient (Wildman–Crippen LogP) is 0.727. The monoisotopic (exact) mass is 179 g/mol. The minimum absolute atomic E-state index is 0.115. The summed E-state index contributed by atoms with van der Waals surface area (Å²) in [6.07, 6.45) is 6.90. The molecule has 70 valence electrons. The molecule has 1 heterocycles. The lowest BCUT2D eigenvalue weighted by atomic mass is 9.67. The van der Waals surface area contributed by atoms with Crippen LogP contribution in [0.3, 0.4) is 0 Å². The lowest BCUT2D eigenvalue weighted by Gasteiger charge is -2.35. The third kappa shape index (κ3) is 1.48. The number of hydrogen-bond donors (Lipinski definition) is 0. The second kappa shape index (κ2) is 2.94. The number of hydrogen-bond acceptors (Lipinski definition) is 3. The highest BCUT2D eigenvalue weighted by Gasteiger charge is 2.37. The van der Waals surface area contributed by atoms with E-state index in [-0.39, 0.29) is 5.41 Å². The fourth-order valence-electron chi connectivity index (χ4n) is 1.80. The van der Waals surface area contributed by atoms with Crippen LogP contribution in [0.4, 0.5) is 0 Å². The highest BCUT2D eigenvalue weighted by molar-refractivity contribution is 5.61. The average Bonchev–Trinajstić information content (AvgIpc) is 2.44. The molecular formula is C9H13N3O. The first-order valence-corrected chi connectivity index (χ1v) is 4.56. The molecule has 1 aromatic heterocycles. The number of rotatable bonds is 3. The Balaban J connectivity index is 2.08. The van der Waals surface area contributed by atoms with Crippen LogP contribution in [0.5, 0.6) is 0 Å². The third-order valence-electron chi connectivity index (χ3n) is 2.78. The summed E-state index contributed by atoms with van der Waals surface area (Å²) in [5, 5.41) is 7.83. The van der Waals surface area contributed by atoms with Crippen LogP contribution in [0.2, 0.25) is 0 Å². The van der Waals surface area contributed by atoms with Gasteiger partial charge in [-0.3, -0.25) is 4.68 Å². The van der Waals surface area contributed by atoms with Crippen LogP contribution in [0, 0.1) is 5.41 Å². The van der Waals surface area contributed by atoms with Crippen LogP contribution in [-0.4, -0.2) is 21.3 Å². The van der Waals surface area contributed by atoms with Crippen LogP contribution in [0.1, 0.15) is 25.0 Å². The van der Waals surface area contributed by atoms with E-state index in [1.165, 1.54) is 6.42 Å². The largest absolute Gasteiger partial charge is 0.303 e. The fourth-order valence-corrected chi connectivity index (χ4v) is 1.80. The topological polar surface area (TPSA) is 47.8 Å². The van der Waals surface area contributed by atoms with Crippen molar-refractivity contribution in [2.24, 2.45) is 12.5 Å². The summed E-state index contributed by atoms with van der Waals surface area (Å²) in [4.78, 5) is 10.9. The Bertz CT molecular complexity index is 314. The maximum absolute atomic E-state index is 10.9. The molecule has 1 aliphatic rings. The molecule has 1 aliphatic carbocycles. The summed E-state index contributed by atoms with van der Waals surface area (Å²) < 4.78 is 1.67.